The molecule has 1 aliphatic heterocycles. The van der Waals surface area contributed by atoms with E-state index in [-0.39, 0.29) is 18.3 Å². The normalized spacial score (nSPS) is 16.0. The fraction of sp³-hybridized carbons (Fsp3) is 0.381. The molecule has 3 rings (SSSR count). The van der Waals surface area contributed by atoms with Crippen LogP contribution in [0.2, 0.25) is 0 Å². The third-order valence-corrected chi connectivity index (χ3v) is 7.16. The van der Waals surface area contributed by atoms with E-state index >= 15 is 0 Å². The molecule has 0 saturated carbocycles. The number of carbonyl (C=O) groups is 1. The summed E-state index contributed by atoms with van der Waals surface area (Å²) in [5.41, 5.74) is 2.68. The number of nitrogens with one attached hydrogen (secondary N) is 1. The molecule has 1 N–H and O–H groups in total. The van der Waals surface area contributed by atoms with Gasteiger partial charge in [0, 0.05) is 31.9 Å². The Morgan fingerprint density at radius 1 is 1.00 bits per heavy atom. The molecule has 1 heterocycles. The van der Waals surface area contributed by atoms with E-state index in [1.165, 1.54) is 10.4 Å². The van der Waals surface area contributed by atoms with Gasteiger partial charge in [-0.25, -0.2) is 12.8 Å². The second kappa shape index (κ2) is 8.61. The van der Waals surface area contributed by atoms with Gasteiger partial charge in [-0.15, -0.1) is 0 Å². The van der Waals surface area contributed by atoms with Crippen molar-refractivity contribution in [3.63, 3.8) is 0 Å². The maximum Gasteiger partial charge on any atom is 0.243 e. The quantitative estimate of drug-likeness (QED) is 0.809. The molecular formula is C21H26FN3O3S. The third-order valence-electron chi connectivity index (χ3n) is 5.10. The van der Waals surface area contributed by atoms with Gasteiger partial charge in [-0.3, -0.25) is 9.69 Å². The van der Waals surface area contributed by atoms with E-state index in [1.807, 2.05) is 17.9 Å². The first-order chi connectivity index (χ1) is 13.7. The SMILES string of the molecule is Cc1ccc(S(=O)(=O)N2CCN(CC(=O)Nc3ccc(C)c(F)c3)CC2)c(C)c1. The second-order valence-corrected chi connectivity index (χ2v) is 9.37. The highest BCUT2D eigenvalue weighted by atomic mass is 32.2. The molecule has 156 valence electrons. The van der Waals surface area contributed by atoms with Crippen molar-refractivity contribution in [3.05, 3.63) is 58.9 Å². The van der Waals surface area contributed by atoms with Crippen molar-refractivity contribution >= 4 is 21.6 Å². The summed E-state index contributed by atoms with van der Waals surface area (Å²) in [5.74, 6) is -0.619. The van der Waals surface area contributed by atoms with E-state index in [4.69, 9.17) is 0 Å². The molecule has 29 heavy (non-hydrogen) atoms. The number of piperazine rings is 1. The zero-order valence-electron chi connectivity index (χ0n) is 16.9. The number of rotatable bonds is 5. The van der Waals surface area contributed by atoms with Crippen molar-refractivity contribution in [2.24, 2.45) is 0 Å². The smallest absolute Gasteiger partial charge is 0.243 e. The number of nitrogens with zero attached hydrogens (tertiary/aromatic N) is 2. The maximum atomic E-state index is 13.6. The minimum Gasteiger partial charge on any atom is -0.325 e. The third kappa shape index (κ3) is 5.01. The van der Waals surface area contributed by atoms with Gasteiger partial charge in [0.25, 0.3) is 0 Å². The van der Waals surface area contributed by atoms with Crippen LogP contribution in [0.25, 0.3) is 0 Å². The summed E-state index contributed by atoms with van der Waals surface area (Å²) in [6.07, 6.45) is 0. The van der Waals surface area contributed by atoms with Crippen LogP contribution in [0.15, 0.2) is 41.3 Å². The largest absolute Gasteiger partial charge is 0.325 e. The highest BCUT2D eigenvalue weighted by molar-refractivity contribution is 7.89. The Morgan fingerprint density at radius 3 is 2.31 bits per heavy atom. The van der Waals surface area contributed by atoms with Gasteiger partial charge in [-0.1, -0.05) is 23.8 Å². The van der Waals surface area contributed by atoms with Crippen LogP contribution in [0.4, 0.5) is 10.1 Å². The molecule has 8 heteroatoms. The van der Waals surface area contributed by atoms with E-state index in [2.05, 4.69) is 5.32 Å². The van der Waals surface area contributed by atoms with Gasteiger partial charge in [-0.2, -0.15) is 4.31 Å². The molecule has 0 aliphatic carbocycles. The highest BCUT2D eigenvalue weighted by Crippen LogP contribution is 2.22. The molecule has 0 spiro atoms. The lowest BCUT2D eigenvalue weighted by atomic mass is 10.2. The molecule has 2 aromatic rings. The van der Waals surface area contributed by atoms with E-state index in [0.29, 0.717) is 42.3 Å². The predicted molar refractivity (Wildman–Crippen MR) is 111 cm³/mol. The average molecular weight is 420 g/mol. The van der Waals surface area contributed by atoms with Crippen LogP contribution in [0.1, 0.15) is 16.7 Å². The topological polar surface area (TPSA) is 69.7 Å². The van der Waals surface area contributed by atoms with Crippen LogP contribution >= 0.6 is 0 Å². The van der Waals surface area contributed by atoms with Crippen LogP contribution in [0.5, 0.6) is 0 Å². The molecule has 2 aromatic carbocycles. The first-order valence-electron chi connectivity index (χ1n) is 9.52. The zero-order valence-corrected chi connectivity index (χ0v) is 17.7. The summed E-state index contributed by atoms with van der Waals surface area (Å²) in [7, 11) is -3.55. The number of amides is 1. The fourth-order valence-electron chi connectivity index (χ4n) is 3.43. The molecule has 0 bridgehead atoms. The number of sulfonamides is 1. The maximum absolute atomic E-state index is 13.6. The van der Waals surface area contributed by atoms with Gasteiger partial charge in [0.2, 0.25) is 15.9 Å². The number of anilines is 1. The molecular weight excluding hydrogens is 393 g/mol. The molecule has 0 atom stereocenters. The van der Waals surface area contributed by atoms with Gasteiger partial charge < -0.3 is 5.32 Å². The number of aryl methyl sites for hydroxylation is 3. The average Bonchev–Trinajstić information content (AvgIpc) is 2.65. The zero-order chi connectivity index (χ0) is 21.2. The van der Waals surface area contributed by atoms with Crippen molar-refractivity contribution in [1.82, 2.24) is 9.21 Å². The van der Waals surface area contributed by atoms with Crippen molar-refractivity contribution in [2.45, 2.75) is 25.7 Å². The summed E-state index contributed by atoms with van der Waals surface area (Å²) in [6, 6.07) is 9.88. The monoisotopic (exact) mass is 419 g/mol. The van der Waals surface area contributed by atoms with Crippen LogP contribution in [0.3, 0.4) is 0 Å². The summed E-state index contributed by atoms with van der Waals surface area (Å²) in [5, 5.41) is 2.68. The molecule has 0 radical (unpaired) electrons. The van der Waals surface area contributed by atoms with Gasteiger partial charge >= 0.3 is 0 Å². The molecule has 1 saturated heterocycles. The fourth-order valence-corrected chi connectivity index (χ4v) is 5.06. The standard InChI is InChI=1S/C21H26FN3O3S/c1-15-4-7-20(17(3)12-15)29(27,28)25-10-8-24(9-11-25)14-21(26)23-18-6-5-16(2)19(22)13-18/h4-7,12-13H,8-11,14H2,1-3H3,(H,23,26). The van der Waals surface area contributed by atoms with Gasteiger partial charge in [-0.05, 0) is 50.1 Å². The second-order valence-electron chi connectivity index (χ2n) is 7.46. The van der Waals surface area contributed by atoms with E-state index in [0.717, 1.165) is 11.1 Å². The van der Waals surface area contributed by atoms with Gasteiger partial charge in [0.15, 0.2) is 0 Å². The Bertz CT molecular complexity index is 1020. The van der Waals surface area contributed by atoms with Crippen LogP contribution < -0.4 is 5.32 Å². The number of carbonyl (C=O) groups excluding carboxylic acids is 1. The molecule has 1 fully saturated rings. The van der Waals surface area contributed by atoms with E-state index < -0.39 is 10.0 Å². The van der Waals surface area contributed by atoms with Crippen LogP contribution in [-0.2, 0) is 14.8 Å². The Balaban J connectivity index is 1.57. The Kier molecular flexibility index (Phi) is 6.36. The predicted octanol–water partition coefficient (Wildman–Crippen LogP) is 2.70. The molecule has 0 aromatic heterocycles. The van der Waals surface area contributed by atoms with Crippen molar-refractivity contribution in [2.75, 3.05) is 38.0 Å². The number of hydrogen-bond donors (Lipinski definition) is 1. The summed E-state index contributed by atoms with van der Waals surface area (Å²) in [6.45, 7) is 7.08. The molecule has 6 nitrogen and oxygen atoms in total. The lowest BCUT2D eigenvalue weighted by Gasteiger charge is -2.33. The van der Waals surface area contributed by atoms with Crippen molar-refractivity contribution in [1.29, 1.82) is 0 Å². The van der Waals surface area contributed by atoms with E-state index in [9.17, 15) is 17.6 Å². The van der Waals surface area contributed by atoms with Crippen LogP contribution in [-0.4, -0.2) is 56.3 Å². The first kappa shape index (κ1) is 21.4. The van der Waals surface area contributed by atoms with Crippen molar-refractivity contribution < 1.29 is 17.6 Å². The minimum absolute atomic E-state index is 0.132. The number of benzene rings is 2. The Labute approximate surface area is 171 Å². The van der Waals surface area contributed by atoms with Crippen LogP contribution in [0, 0.1) is 26.6 Å². The summed E-state index contributed by atoms with van der Waals surface area (Å²) >= 11 is 0. The highest BCUT2D eigenvalue weighted by Gasteiger charge is 2.30. The number of hydrogen-bond acceptors (Lipinski definition) is 4. The Hall–Kier alpha value is -2.29. The summed E-state index contributed by atoms with van der Waals surface area (Å²) < 4.78 is 41.0. The first-order valence-corrected chi connectivity index (χ1v) is 11.0. The Morgan fingerprint density at radius 2 is 1.69 bits per heavy atom. The summed E-state index contributed by atoms with van der Waals surface area (Å²) in [4.78, 5) is 14.5. The molecule has 1 amide bonds. The lowest BCUT2D eigenvalue weighted by Crippen LogP contribution is -2.50. The van der Waals surface area contributed by atoms with Crippen molar-refractivity contribution in [3.8, 4) is 0 Å². The van der Waals surface area contributed by atoms with E-state index in [1.54, 1.807) is 38.1 Å². The molecule has 0 unspecified atom stereocenters. The van der Waals surface area contributed by atoms with Gasteiger partial charge in [0.05, 0.1) is 11.4 Å². The van der Waals surface area contributed by atoms with Gasteiger partial charge in [0.1, 0.15) is 5.82 Å². The molecule has 1 aliphatic rings. The minimum atomic E-state index is -3.55. The number of halogens is 1. The lowest BCUT2D eigenvalue weighted by molar-refractivity contribution is -0.117.